The number of ether oxygens (including phenoxy) is 2. The molecule has 0 bridgehead atoms. The van der Waals surface area contributed by atoms with Crippen LogP contribution in [0.2, 0.25) is 0 Å². The lowest BCUT2D eigenvalue weighted by Crippen LogP contribution is -2.32. The van der Waals surface area contributed by atoms with Gasteiger partial charge in [-0.05, 0) is 25.5 Å². The number of carbonyl (C=O) groups excluding carboxylic acids is 4. The second-order valence-corrected chi connectivity index (χ2v) is 7.76. The minimum atomic E-state index is -0.747. The maximum absolute atomic E-state index is 12.4. The second kappa shape index (κ2) is 9.57. The molecule has 31 heavy (non-hydrogen) atoms. The van der Waals surface area contributed by atoms with Gasteiger partial charge in [0.2, 0.25) is 0 Å². The minimum Gasteiger partial charge on any atom is -0.462 e. The Bertz CT molecular complexity index is 1020. The molecule has 0 radical (unpaired) electrons. The zero-order chi connectivity index (χ0) is 22.5. The van der Waals surface area contributed by atoms with Crippen LogP contribution in [0.1, 0.15) is 45.0 Å². The Hall–Kier alpha value is -3.46. The Morgan fingerprint density at radius 3 is 2.48 bits per heavy atom. The molecule has 1 aromatic heterocycles. The van der Waals surface area contributed by atoms with Gasteiger partial charge in [-0.25, -0.2) is 4.79 Å². The van der Waals surface area contributed by atoms with Crippen molar-refractivity contribution >= 4 is 45.8 Å². The highest BCUT2D eigenvalue weighted by molar-refractivity contribution is 7.16. The standard InChI is InChI=1S/C22H22N2O6S/c1-4-14-10-17(22(28)29-5-2)20(31-14)23-18(25)12-30-19(26)11-24-13(3)15-8-6-7-9-16(15)21(24)27/h6-10H,3-5,11-12H2,1-2H3,(H,23,25). The average molecular weight is 442 g/mol. The van der Waals surface area contributed by atoms with Crippen LogP contribution in [0.5, 0.6) is 0 Å². The summed E-state index contributed by atoms with van der Waals surface area (Å²) in [5.74, 6) is -2.22. The fourth-order valence-electron chi connectivity index (χ4n) is 3.05. The zero-order valence-corrected chi connectivity index (χ0v) is 18.0. The van der Waals surface area contributed by atoms with Crippen LogP contribution in [0.25, 0.3) is 5.70 Å². The first-order valence-electron chi connectivity index (χ1n) is 9.71. The predicted molar refractivity (Wildman–Crippen MR) is 116 cm³/mol. The number of benzene rings is 1. The maximum Gasteiger partial charge on any atom is 0.341 e. The van der Waals surface area contributed by atoms with Crippen molar-refractivity contribution in [2.75, 3.05) is 25.1 Å². The molecule has 0 atom stereocenters. The summed E-state index contributed by atoms with van der Waals surface area (Å²) in [6, 6.07) is 8.60. The molecule has 2 heterocycles. The van der Waals surface area contributed by atoms with Crippen molar-refractivity contribution in [1.29, 1.82) is 0 Å². The van der Waals surface area contributed by atoms with E-state index in [1.54, 1.807) is 37.3 Å². The van der Waals surface area contributed by atoms with Crippen LogP contribution in [-0.4, -0.2) is 48.4 Å². The third-order valence-electron chi connectivity index (χ3n) is 4.57. The molecule has 1 N–H and O–H groups in total. The number of hydrogen-bond acceptors (Lipinski definition) is 7. The number of nitrogens with one attached hydrogen (secondary N) is 1. The Kier molecular flexibility index (Phi) is 6.86. The SMILES string of the molecule is C=C1c2ccccc2C(=O)N1CC(=O)OCC(=O)Nc1sc(CC)cc1C(=O)OCC. The van der Waals surface area contributed by atoms with Gasteiger partial charge in [0.05, 0.1) is 12.2 Å². The van der Waals surface area contributed by atoms with Gasteiger partial charge in [0.25, 0.3) is 11.8 Å². The van der Waals surface area contributed by atoms with Crippen molar-refractivity contribution < 1.29 is 28.7 Å². The highest BCUT2D eigenvalue weighted by Gasteiger charge is 2.32. The van der Waals surface area contributed by atoms with Crippen molar-refractivity contribution in [1.82, 2.24) is 4.90 Å². The molecule has 0 aliphatic carbocycles. The molecule has 1 aromatic carbocycles. The Morgan fingerprint density at radius 2 is 1.84 bits per heavy atom. The fourth-order valence-corrected chi connectivity index (χ4v) is 4.06. The van der Waals surface area contributed by atoms with Crippen LogP contribution >= 0.6 is 11.3 Å². The van der Waals surface area contributed by atoms with Crippen LogP contribution in [0.15, 0.2) is 36.9 Å². The Morgan fingerprint density at radius 1 is 1.13 bits per heavy atom. The lowest BCUT2D eigenvalue weighted by Gasteiger charge is -2.16. The molecule has 0 fully saturated rings. The van der Waals surface area contributed by atoms with E-state index in [1.165, 1.54) is 16.2 Å². The summed E-state index contributed by atoms with van der Waals surface area (Å²) in [6.07, 6.45) is 0.693. The number of thiophene rings is 1. The summed E-state index contributed by atoms with van der Waals surface area (Å²) in [7, 11) is 0. The number of rotatable bonds is 8. The van der Waals surface area contributed by atoms with Crippen LogP contribution < -0.4 is 5.32 Å². The molecule has 8 nitrogen and oxygen atoms in total. The quantitative estimate of drug-likeness (QED) is 0.631. The van der Waals surface area contributed by atoms with Crippen molar-refractivity contribution in [3.63, 3.8) is 0 Å². The van der Waals surface area contributed by atoms with Crippen molar-refractivity contribution in [3.05, 3.63) is 58.5 Å². The van der Waals surface area contributed by atoms with Gasteiger partial charge in [-0.3, -0.25) is 19.3 Å². The first kappa shape index (κ1) is 22.2. The number of hydrogen-bond donors (Lipinski definition) is 1. The fraction of sp³-hybridized carbons (Fsp3) is 0.273. The lowest BCUT2D eigenvalue weighted by molar-refractivity contribution is -0.147. The highest BCUT2D eigenvalue weighted by Crippen LogP contribution is 2.31. The van der Waals surface area contributed by atoms with Gasteiger partial charge >= 0.3 is 11.9 Å². The van der Waals surface area contributed by atoms with Crippen LogP contribution in [0.3, 0.4) is 0 Å². The molecule has 0 unspecified atom stereocenters. The summed E-state index contributed by atoms with van der Waals surface area (Å²) >= 11 is 1.26. The molecule has 0 spiro atoms. The molecule has 0 saturated heterocycles. The molecular weight excluding hydrogens is 420 g/mol. The summed E-state index contributed by atoms with van der Waals surface area (Å²) in [6.45, 7) is 6.79. The molecule has 162 valence electrons. The molecule has 1 aliphatic heterocycles. The van der Waals surface area contributed by atoms with Gasteiger partial charge in [0, 0.05) is 21.7 Å². The number of aryl methyl sites for hydroxylation is 1. The number of esters is 2. The van der Waals surface area contributed by atoms with Crippen LogP contribution in [-0.2, 0) is 25.5 Å². The number of carbonyl (C=O) groups is 4. The number of fused-ring (bicyclic) bond motifs is 1. The van der Waals surface area contributed by atoms with E-state index >= 15 is 0 Å². The third kappa shape index (κ3) is 4.83. The van der Waals surface area contributed by atoms with Gasteiger partial charge in [0.15, 0.2) is 6.61 Å². The highest BCUT2D eigenvalue weighted by atomic mass is 32.1. The molecule has 9 heteroatoms. The first-order valence-corrected chi connectivity index (χ1v) is 10.5. The van der Waals surface area contributed by atoms with Gasteiger partial charge in [0.1, 0.15) is 11.5 Å². The second-order valence-electron chi connectivity index (χ2n) is 6.62. The molecule has 0 saturated carbocycles. The third-order valence-corrected chi connectivity index (χ3v) is 5.77. The van der Waals surface area contributed by atoms with E-state index in [-0.39, 0.29) is 24.6 Å². The molecule has 2 aromatic rings. The van der Waals surface area contributed by atoms with Crippen molar-refractivity contribution in [2.24, 2.45) is 0 Å². The zero-order valence-electron chi connectivity index (χ0n) is 17.2. The van der Waals surface area contributed by atoms with E-state index in [0.717, 1.165) is 4.88 Å². The first-order chi connectivity index (χ1) is 14.8. The van der Waals surface area contributed by atoms with Crippen LogP contribution in [0, 0.1) is 0 Å². The Balaban J connectivity index is 1.57. The van der Waals surface area contributed by atoms with E-state index < -0.39 is 24.5 Å². The van der Waals surface area contributed by atoms with Gasteiger partial charge < -0.3 is 14.8 Å². The maximum atomic E-state index is 12.4. The van der Waals surface area contributed by atoms with E-state index in [9.17, 15) is 19.2 Å². The minimum absolute atomic E-state index is 0.214. The summed E-state index contributed by atoms with van der Waals surface area (Å²) < 4.78 is 10.0. The summed E-state index contributed by atoms with van der Waals surface area (Å²) in [5.41, 5.74) is 1.80. The topological polar surface area (TPSA) is 102 Å². The molecule has 1 aliphatic rings. The smallest absolute Gasteiger partial charge is 0.341 e. The monoisotopic (exact) mass is 442 g/mol. The summed E-state index contributed by atoms with van der Waals surface area (Å²) in [4.78, 5) is 51.1. The number of anilines is 1. The van der Waals surface area contributed by atoms with E-state index in [0.29, 0.717) is 28.2 Å². The van der Waals surface area contributed by atoms with Crippen LogP contribution in [0.4, 0.5) is 5.00 Å². The van der Waals surface area contributed by atoms with Gasteiger partial charge in [-0.15, -0.1) is 11.3 Å². The number of amides is 2. The molecular formula is C22H22N2O6S. The molecule has 2 amide bonds. The average Bonchev–Trinajstić information content (AvgIpc) is 3.27. The summed E-state index contributed by atoms with van der Waals surface area (Å²) in [5, 5.41) is 2.93. The number of nitrogens with zero attached hydrogens (tertiary/aromatic N) is 1. The van der Waals surface area contributed by atoms with E-state index in [2.05, 4.69) is 11.9 Å². The normalized spacial score (nSPS) is 12.5. The molecule has 3 rings (SSSR count). The van der Waals surface area contributed by atoms with E-state index in [1.807, 2.05) is 6.92 Å². The predicted octanol–water partition coefficient (Wildman–Crippen LogP) is 3.10. The van der Waals surface area contributed by atoms with Gasteiger partial charge in [-0.1, -0.05) is 31.7 Å². The lowest BCUT2D eigenvalue weighted by atomic mass is 10.1. The largest absolute Gasteiger partial charge is 0.462 e. The van der Waals surface area contributed by atoms with Gasteiger partial charge in [-0.2, -0.15) is 0 Å². The van der Waals surface area contributed by atoms with E-state index in [4.69, 9.17) is 9.47 Å². The van der Waals surface area contributed by atoms with Crippen molar-refractivity contribution in [3.8, 4) is 0 Å². The Labute approximate surface area is 183 Å². The van der Waals surface area contributed by atoms with Crippen molar-refractivity contribution in [2.45, 2.75) is 20.3 Å².